The number of fused-ring (bicyclic) bond motifs is 6. The van der Waals surface area contributed by atoms with Crippen LogP contribution in [0.4, 0.5) is 0 Å². The van der Waals surface area contributed by atoms with Crippen LogP contribution in [0.5, 0.6) is 0 Å². The van der Waals surface area contributed by atoms with Crippen molar-refractivity contribution < 1.29 is 0 Å². The summed E-state index contributed by atoms with van der Waals surface area (Å²) in [6.07, 6.45) is 8.14. The number of nitrogens with zero attached hydrogens (tertiary/aromatic N) is 2. The van der Waals surface area contributed by atoms with E-state index in [0.717, 1.165) is 5.70 Å². The molecule has 0 spiro atoms. The molecule has 0 bridgehead atoms. The molecular formula is C32H26N2. The fourth-order valence-corrected chi connectivity index (χ4v) is 5.21. The minimum Gasteiger partial charge on any atom is -0.344 e. The van der Waals surface area contributed by atoms with Crippen LogP contribution in [0.15, 0.2) is 116 Å². The van der Waals surface area contributed by atoms with Crippen molar-refractivity contribution in [2.75, 3.05) is 0 Å². The van der Waals surface area contributed by atoms with Crippen LogP contribution < -0.4 is 0 Å². The summed E-state index contributed by atoms with van der Waals surface area (Å²) in [6.45, 7) is 6.11. The van der Waals surface area contributed by atoms with Gasteiger partial charge >= 0.3 is 0 Å². The molecule has 2 heteroatoms. The molecule has 0 amide bonds. The highest BCUT2D eigenvalue weighted by Gasteiger charge is 2.14. The number of hydrogen-bond acceptors (Lipinski definition) is 0. The fourth-order valence-electron chi connectivity index (χ4n) is 5.21. The summed E-state index contributed by atoms with van der Waals surface area (Å²) < 4.78 is 4.58. The number of allylic oxidation sites excluding steroid dienone is 5. The summed E-state index contributed by atoms with van der Waals surface area (Å²) in [6, 6.07) is 30.9. The SMILES string of the molecule is C=C/C(=C\C=C/C)n1c2ccccc2c2cc(-c3ccc4c(c3)c3ccccc3n4C)ccc21. The standard InChI is InChI=1S/C32H26N2/c1-4-6-11-24(5-2)34-31-15-10-8-13-26(31)28-21-23(17-19-32(28)34)22-16-18-30-27(20-22)25-12-7-9-14-29(25)33(30)3/h4-21H,2H2,1,3H3/b6-4-,24-11+. The van der Waals surface area contributed by atoms with Gasteiger partial charge < -0.3 is 9.13 Å². The molecule has 0 aliphatic carbocycles. The van der Waals surface area contributed by atoms with E-state index in [1.165, 1.54) is 54.7 Å². The molecule has 2 nitrogen and oxygen atoms in total. The van der Waals surface area contributed by atoms with Crippen molar-refractivity contribution in [2.45, 2.75) is 6.92 Å². The van der Waals surface area contributed by atoms with Crippen LogP contribution in [0, 0.1) is 0 Å². The largest absolute Gasteiger partial charge is 0.344 e. The van der Waals surface area contributed by atoms with Crippen LogP contribution >= 0.6 is 0 Å². The van der Waals surface area contributed by atoms with Gasteiger partial charge in [-0.3, -0.25) is 0 Å². The van der Waals surface area contributed by atoms with Gasteiger partial charge in [0, 0.05) is 45.3 Å². The van der Waals surface area contributed by atoms with Crippen LogP contribution in [0.1, 0.15) is 6.92 Å². The second-order valence-corrected chi connectivity index (χ2v) is 8.71. The molecule has 4 aromatic carbocycles. The quantitative estimate of drug-likeness (QED) is 0.244. The van der Waals surface area contributed by atoms with Crippen molar-refractivity contribution >= 4 is 49.3 Å². The summed E-state index contributed by atoms with van der Waals surface area (Å²) in [4.78, 5) is 0. The molecule has 0 saturated carbocycles. The average Bonchev–Trinajstić information content (AvgIpc) is 3.37. The Morgan fingerprint density at radius 3 is 1.88 bits per heavy atom. The van der Waals surface area contributed by atoms with E-state index in [4.69, 9.17) is 0 Å². The minimum absolute atomic E-state index is 1.06. The van der Waals surface area contributed by atoms with Crippen LogP contribution in [-0.2, 0) is 7.05 Å². The van der Waals surface area contributed by atoms with Gasteiger partial charge in [-0.1, -0.05) is 67.3 Å². The lowest BCUT2D eigenvalue weighted by atomic mass is 10.0. The first kappa shape index (κ1) is 20.3. The number of aryl methyl sites for hydroxylation is 1. The van der Waals surface area contributed by atoms with E-state index in [-0.39, 0.29) is 0 Å². The monoisotopic (exact) mass is 438 g/mol. The molecule has 34 heavy (non-hydrogen) atoms. The van der Waals surface area contributed by atoms with Crippen molar-refractivity contribution in [1.29, 1.82) is 0 Å². The molecule has 164 valence electrons. The third-order valence-electron chi connectivity index (χ3n) is 6.85. The third-order valence-corrected chi connectivity index (χ3v) is 6.85. The van der Waals surface area contributed by atoms with E-state index in [2.05, 4.69) is 120 Å². The van der Waals surface area contributed by atoms with Gasteiger partial charge in [0.05, 0.1) is 11.0 Å². The van der Waals surface area contributed by atoms with Gasteiger partial charge in [0.1, 0.15) is 0 Å². The smallest absolute Gasteiger partial charge is 0.0541 e. The van der Waals surface area contributed by atoms with E-state index in [9.17, 15) is 0 Å². The first-order chi connectivity index (χ1) is 16.7. The number of benzene rings is 4. The lowest BCUT2D eigenvalue weighted by Crippen LogP contribution is -1.93. The Kier molecular flexibility index (Phi) is 4.74. The second kappa shape index (κ2) is 7.93. The molecule has 0 atom stereocenters. The Morgan fingerprint density at radius 1 is 0.676 bits per heavy atom. The molecule has 6 aromatic rings. The van der Waals surface area contributed by atoms with Crippen LogP contribution in [0.3, 0.4) is 0 Å². The Hall–Kier alpha value is -4.30. The Bertz CT molecular complexity index is 1790. The summed E-state index contributed by atoms with van der Waals surface area (Å²) in [5.41, 5.74) is 8.42. The maximum Gasteiger partial charge on any atom is 0.0541 e. The van der Waals surface area contributed by atoms with E-state index in [1.807, 2.05) is 19.1 Å². The molecule has 0 aliphatic heterocycles. The van der Waals surface area contributed by atoms with Gasteiger partial charge in [0.15, 0.2) is 0 Å². The highest BCUT2D eigenvalue weighted by Crippen LogP contribution is 2.37. The van der Waals surface area contributed by atoms with Gasteiger partial charge in [-0.2, -0.15) is 0 Å². The molecule has 6 rings (SSSR count). The van der Waals surface area contributed by atoms with Crippen molar-refractivity contribution in [1.82, 2.24) is 9.13 Å². The maximum atomic E-state index is 4.08. The zero-order valence-electron chi connectivity index (χ0n) is 19.5. The predicted octanol–water partition coefficient (Wildman–Crippen LogP) is 8.71. The Morgan fingerprint density at radius 2 is 1.21 bits per heavy atom. The number of hydrogen-bond donors (Lipinski definition) is 0. The van der Waals surface area contributed by atoms with Gasteiger partial charge in [-0.15, -0.1) is 0 Å². The van der Waals surface area contributed by atoms with Gasteiger partial charge in [-0.25, -0.2) is 0 Å². The number of para-hydroxylation sites is 2. The molecule has 0 unspecified atom stereocenters. The molecule has 0 fully saturated rings. The average molecular weight is 439 g/mol. The summed E-state index contributed by atoms with van der Waals surface area (Å²) >= 11 is 0. The van der Waals surface area contributed by atoms with E-state index in [0.29, 0.717) is 0 Å². The Balaban J connectivity index is 1.60. The molecule has 0 saturated heterocycles. The maximum absolute atomic E-state index is 4.08. The molecule has 0 radical (unpaired) electrons. The first-order valence-electron chi connectivity index (χ1n) is 11.7. The molecule has 0 aliphatic rings. The highest BCUT2D eigenvalue weighted by atomic mass is 15.0. The Labute approximate surface area is 199 Å². The zero-order chi connectivity index (χ0) is 23.2. The van der Waals surface area contributed by atoms with Crippen molar-refractivity contribution in [2.24, 2.45) is 7.05 Å². The third kappa shape index (κ3) is 2.96. The van der Waals surface area contributed by atoms with Crippen molar-refractivity contribution in [3.05, 3.63) is 116 Å². The van der Waals surface area contributed by atoms with Crippen molar-refractivity contribution in [3.63, 3.8) is 0 Å². The van der Waals surface area contributed by atoms with E-state index < -0.39 is 0 Å². The van der Waals surface area contributed by atoms with Crippen LogP contribution in [-0.4, -0.2) is 9.13 Å². The van der Waals surface area contributed by atoms with Gasteiger partial charge in [0.2, 0.25) is 0 Å². The van der Waals surface area contributed by atoms with Crippen LogP contribution in [0.25, 0.3) is 60.4 Å². The zero-order valence-corrected chi connectivity index (χ0v) is 19.5. The summed E-state index contributed by atoms with van der Waals surface area (Å²) in [5.74, 6) is 0. The summed E-state index contributed by atoms with van der Waals surface area (Å²) in [5, 5.41) is 5.09. The summed E-state index contributed by atoms with van der Waals surface area (Å²) in [7, 11) is 2.14. The predicted molar refractivity (Wildman–Crippen MR) is 148 cm³/mol. The number of aromatic nitrogens is 2. The van der Waals surface area contributed by atoms with Crippen molar-refractivity contribution in [3.8, 4) is 11.1 Å². The highest BCUT2D eigenvalue weighted by molar-refractivity contribution is 6.12. The normalized spacial score (nSPS) is 12.6. The molecule has 0 N–H and O–H groups in total. The van der Waals surface area contributed by atoms with E-state index in [1.54, 1.807) is 0 Å². The van der Waals surface area contributed by atoms with Crippen LogP contribution in [0.2, 0.25) is 0 Å². The second-order valence-electron chi connectivity index (χ2n) is 8.71. The van der Waals surface area contributed by atoms with E-state index >= 15 is 0 Å². The van der Waals surface area contributed by atoms with Gasteiger partial charge in [0.25, 0.3) is 0 Å². The molecule has 2 heterocycles. The fraction of sp³-hybridized carbons (Fsp3) is 0.0625. The molecular weight excluding hydrogens is 412 g/mol. The molecule has 2 aromatic heterocycles. The minimum atomic E-state index is 1.06. The number of rotatable bonds is 4. The lowest BCUT2D eigenvalue weighted by Gasteiger charge is -2.09. The lowest BCUT2D eigenvalue weighted by molar-refractivity contribution is 1.01. The topological polar surface area (TPSA) is 9.86 Å². The van der Waals surface area contributed by atoms with Gasteiger partial charge in [-0.05, 0) is 66.6 Å². The first-order valence-corrected chi connectivity index (χ1v) is 11.7.